The number of carbonyl (C=O) groups excluding carboxylic acids is 2. The van der Waals surface area contributed by atoms with Crippen LogP contribution in [0.1, 0.15) is 97.1 Å². The summed E-state index contributed by atoms with van der Waals surface area (Å²) in [5.74, 6) is -1.37. The van der Waals surface area contributed by atoms with Gasteiger partial charge in [0.15, 0.2) is 5.71 Å². The molecule has 0 radical (unpaired) electrons. The third kappa shape index (κ3) is 10.8. The van der Waals surface area contributed by atoms with Crippen LogP contribution in [0.25, 0.3) is 0 Å². The molecule has 2 aromatic rings. The van der Waals surface area contributed by atoms with E-state index in [1.165, 1.54) is 6.92 Å². The summed E-state index contributed by atoms with van der Waals surface area (Å²) in [6.45, 7) is 11.0. The van der Waals surface area contributed by atoms with Gasteiger partial charge in [0.25, 0.3) is 20.2 Å². The summed E-state index contributed by atoms with van der Waals surface area (Å²) in [5.41, 5.74) is 4.97. The minimum absolute atomic E-state index is 0.115. The predicted octanol–water partition coefficient (Wildman–Crippen LogP) is 6.75. The first-order chi connectivity index (χ1) is 27.7. The molecule has 2 aliphatic heterocycles. The summed E-state index contributed by atoms with van der Waals surface area (Å²) < 4.78 is 67.6. The zero-order chi connectivity index (χ0) is 43.2. The molecule has 4 N–H and O–H groups in total. The van der Waals surface area contributed by atoms with Crippen LogP contribution < -0.4 is 10.2 Å². The number of allylic oxidation sites excluding steroid dienone is 8. The van der Waals surface area contributed by atoms with Crippen LogP contribution in [0.4, 0.5) is 11.4 Å². The van der Waals surface area contributed by atoms with E-state index in [1.54, 1.807) is 0 Å². The number of amides is 1. The van der Waals surface area contributed by atoms with Crippen LogP contribution >= 0.6 is 0 Å². The highest BCUT2D eigenvalue weighted by Crippen LogP contribution is 2.48. The fourth-order valence-electron chi connectivity index (χ4n) is 8.79. The van der Waals surface area contributed by atoms with E-state index in [0.717, 1.165) is 57.9 Å². The average molecular weight is 851 g/mol. The molecule has 14 heteroatoms. The van der Waals surface area contributed by atoms with Crippen molar-refractivity contribution < 1.29 is 45.2 Å². The van der Waals surface area contributed by atoms with Gasteiger partial charge in [-0.1, -0.05) is 81.3 Å². The molecule has 320 valence electrons. The molecule has 1 unspecified atom stereocenters. The van der Waals surface area contributed by atoms with Crippen molar-refractivity contribution in [2.24, 2.45) is 5.41 Å². The minimum Gasteiger partial charge on any atom is -0.396 e. The fraction of sp³-hybridized carbons (Fsp3) is 0.489. The first-order valence-corrected chi connectivity index (χ1v) is 23.7. The molecule has 2 heterocycles. The van der Waals surface area contributed by atoms with Gasteiger partial charge in [0.2, 0.25) is 11.6 Å². The third-order valence-electron chi connectivity index (χ3n) is 11.9. The Bertz CT molecular complexity index is 2300. The number of para-hydroxylation sites is 2. The lowest BCUT2D eigenvalue weighted by Gasteiger charge is -2.34. The van der Waals surface area contributed by atoms with E-state index in [9.17, 15) is 35.5 Å². The Balaban J connectivity index is 1.58. The van der Waals surface area contributed by atoms with Crippen molar-refractivity contribution in [2.45, 2.75) is 96.8 Å². The number of nitrogens with zero attached hydrogens (tertiary/aromatic N) is 2. The molecule has 1 amide bonds. The zero-order valence-electron chi connectivity index (χ0n) is 34.9. The topological polar surface area (TPSA) is 181 Å². The number of benzene rings is 2. The Kier molecular flexibility index (Phi) is 14.5. The molecule has 0 saturated heterocycles. The van der Waals surface area contributed by atoms with Gasteiger partial charge in [0.1, 0.15) is 17.7 Å². The third-order valence-corrected chi connectivity index (χ3v) is 13.5. The molecule has 5 rings (SSSR count). The molecule has 0 saturated carbocycles. The molecule has 0 fully saturated rings. The summed E-state index contributed by atoms with van der Waals surface area (Å²) in [7, 11) is -8.31. The van der Waals surface area contributed by atoms with Crippen molar-refractivity contribution >= 4 is 49.0 Å². The molecule has 0 bridgehead atoms. The number of aliphatic hydroxyl groups is 1. The van der Waals surface area contributed by atoms with E-state index >= 15 is 0 Å². The Morgan fingerprint density at radius 3 is 2.12 bits per heavy atom. The van der Waals surface area contributed by atoms with E-state index in [4.69, 9.17) is 5.11 Å². The number of nitrogens with one attached hydrogen (secondary N) is 1. The maximum absolute atomic E-state index is 14.2. The van der Waals surface area contributed by atoms with Gasteiger partial charge in [-0.2, -0.15) is 21.4 Å². The Morgan fingerprint density at radius 2 is 1.44 bits per heavy atom. The summed E-state index contributed by atoms with van der Waals surface area (Å²) in [6, 6.07) is 15.9. The highest BCUT2D eigenvalue weighted by atomic mass is 32.2. The smallest absolute Gasteiger partial charge is 0.265 e. The highest BCUT2D eigenvalue weighted by Gasteiger charge is 2.47. The van der Waals surface area contributed by atoms with Gasteiger partial charge >= 0.3 is 0 Å². The van der Waals surface area contributed by atoms with Crippen LogP contribution in [0, 0.1) is 5.41 Å². The summed E-state index contributed by atoms with van der Waals surface area (Å²) in [6.07, 6.45) is 13.6. The molecule has 59 heavy (non-hydrogen) atoms. The molecule has 0 aromatic heterocycles. The fourth-order valence-corrected chi connectivity index (χ4v) is 9.78. The Morgan fingerprint density at radius 1 is 0.797 bits per heavy atom. The van der Waals surface area contributed by atoms with Gasteiger partial charge < -0.3 is 15.3 Å². The van der Waals surface area contributed by atoms with E-state index in [2.05, 4.69) is 42.5 Å². The van der Waals surface area contributed by atoms with E-state index in [-0.39, 0.29) is 55.5 Å². The van der Waals surface area contributed by atoms with Crippen molar-refractivity contribution in [1.29, 1.82) is 0 Å². The number of ketones is 1. The molecule has 12 nitrogen and oxygen atoms in total. The normalized spacial score (nSPS) is 21.3. The van der Waals surface area contributed by atoms with Crippen LogP contribution in [-0.2, 0) is 40.7 Å². The second-order valence-corrected chi connectivity index (χ2v) is 20.1. The minimum atomic E-state index is -4.16. The quantitative estimate of drug-likeness (QED) is 0.0511. The summed E-state index contributed by atoms with van der Waals surface area (Å²) >= 11 is 0. The van der Waals surface area contributed by atoms with Crippen LogP contribution in [-0.4, -0.2) is 90.8 Å². The van der Waals surface area contributed by atoms with Gasteiger partial charge in [-0.25, -0.2) is 0 Å². The number of fused-ring (bicyclic) bond motifs is 2. The first-order valence-electron chi connectivity index (χ1n) is 20.4. The number of rotatable bonds is 19. The van der Waals surface area contributed by atoms with Gasteiger partial charge in [0, 0.05) is 60.6 Å². The van der Waals surface area contributed by atoms with Crippen molar-refractivity contribution in [1.82, 2.24) is 5.32 Å². The summed E-state index contributed by atoms with van der Waals surface area (Å²) in [5, 5.41) is 12.2. The van der Waals surface area contributed by atoms with Gasteiger partial charge in [0.05, 0.1) is 16.9 Å². The molecule has 3 aliphatic rings. The van der Waals surface area contributed by atoms with Crippen LogP contribution in [0.3, 0.4) is 0 Å². The molecule has 1 aliphatic carbocycles. The first kappa shape index (κ1) is 45.9. The number of hydrogen-bond donors (Lipinski definition) is 4. The maximum atomic E-state index is 14.2. The monoisotopic (exact) mass is 850 g/mol. The average Bonchev–Trinajstić information content (AvgIpc) is 3.51. The Labute approximate surface area is 350 Å². The van der Waals surface area contributed by atoms with E-state index < -0.39 is 36.5 Å². The SMILES string of the molecule is CC(=O)C1(C(=O)NCCCCCCO)CC(/C=C/C2=[N+](CCCS(=O)(=O)O)c3ccccc3C2(C)C)=CC(=C/C=C2/N(CCCS(=O)(=O)O)c3ccccc3C2(C)C)/C1. The van der Waals surface area contributed by atoms with Crippen LogP contribution in [0.2, 0.25) is 0 Å². The van der Waals surface area contributed by atoms with Crippen LogP contribution in [0.5, 0.6) is 0 Å². The second kappa shape index (κ2) is 18.6. The number of hydrogen-bond acceptors (Lipinski definition) is 8. The molecular formula is C45H60N3O9S2+. The molecule has 2 aromatic carbocycles. The van der Waals surface area contributed by atoms with Gasteiger partial charge in [-0.3, -0.25) is 18.7 Å². The second-order valence-electron chi connectivity index (χ2n) is 17.0. The number of anilines is 1. The zero-order valence-corrected chi connectivity index (χ0v) is 36.5. The predicted molar refractivity (Wildman–Crippen MR) is 232 cm³/mol. The number of carbonyl (C=O) groups is 2. The van der Waals surface area contributed by atoms with Crippen molar-refractivity contribution in [3.8, 4) is 0 Å². The number of unbranched alkanes of at least 4 members (excludes halogenated alkanes) is 3. The Hall–Kier alpha value is -4.21. The number of Topliss-reactive ketones (excluding diaryl/α,β-unsaturated/α-hetero) is 1. The standard InChI is InChI=1S/C45H59N3O9S2/c1-33(50)45(42(51)46-24-12-6-7-13-27-49)31-34(20-22-40-43(2,3)36-16-8-10-18-38(36)47(40)25-14-28-58(52,53)54)30-35(32-45)21-23-41-44(4,5)37-17-9-11-19-39(37)48(41)26-15-29-59(55,56)57/h8-11,16-23,30,49H,6-7,12-15,24-29,31-32H2,1-5H3,(H2-,46,51,52,53,54,55,56,57)/p+1. The number of aliphatic hydroxyl groups excluding tert-OH is 1. The molecule has 0 spiro atoms. The van der Waals surface area contributed by atoms with Gasteiger partial charge in [-0.05, 0) is 81.7 Å². The van der Waals surface area contributed by atoms with Gasteiger partial charge in [-0.15, -0.1) is 0 Å². The van der Waals surface area contributed by atoms with Crippen molar-refractivity contribution in [3.05, 3.63) is 107 Å². The summed E-state index contributed by atoms with van der Waals surface area (Å²) in [4.78, 5) is 30.1. The van der Waals surface area contributed by atoms with Crippen LogP contribution in [0.15, 0.2) is 95.8 Å². The van der Waals surface area contributed by atoms with Crippen molar-refractivity contribution in [3.63, 3.8) is 0 Å². The highest BCUT2D eigenvalue weighted by molar-refractivity contribution is 7.86. The van der Waals surface area contributed by atoms with E-state index in [1.807, 2.05) is 78.9 Å². The lowest BCUT2D eigenvalue weighted by atomic mass is 9.68. The largest absolute Gasteiger partial charge is 0.396 e. The molecular weight excluding hydrogens is 791 g/mol. The lowest BCUT2D eigenvalue weighted by molar-refractivity contribution is -0.437. The van der Waals surface area contributed by atoms with Crippen molar-refractivity contribution in [2.75, 3.05) is 42.6 Å². The lowest BCUT2D eigenvalue weighted by Crippen LogP contribution is -2.47. The van der Waals surface area contributed by atoms with E-state index in [0.29, 0.717) is 32.5 Å². The maximum Gasteiger partial charge on any atom is 0.265 e. The molecule has 1 atom stereocenters.